The molecular weight excluding hydrogens is 550 g/mol. The fraction of sp³-hybridized carbons (Fsp3) is 0.519. The van der Waals surface area contributed by atoms with E-state index in [1.807, 2.05) is 12.3 Å². The van der Waals surface area contributed by atoms with E-state index >= 15 is 0 Å². The third-order valence-corrected chi connectivity index (χ3v) is 9.73. The maximum atomic E-state index is 9.78. The minimum absolute atomic E-state index is 0.0758. The van der Waals surface area contributed by atoms with Crippen molar-refractivity contribution >= 4 is 46.8 Å². The molecule has 5 N–H and O–H groups in total. The van der Waals surface area contributed by atoms with E-state index in [4.69, 9.17) is 22.1 Å². The number of ether oxygens (including phenoxy) is 1. The van der Waals surface area contributed by atoms with Crippen LogP contribution in [-0.2, 0) is 4.74 Å². The number of rotatable bonds is 7. The number of aliphatic hydroxyl groups excluding tert-OH is 1. The SMILES string of the molecule is C[C@@H]1OCC2(CCN(c3cnc(Sc4ccnc(Nc5ccnc(N[C@@H]6CC[C@@H](O)C6)n5)c4Cl)cn3)CC2)[C@@H]1N. The Morgan fingerprint density at radius 3 is 2.65 bits per heavy atom. The standard InChI is InChI=1S/C27H34ClN9O2S/c1-16-24(29)27(15-39-16)6-10-37(11-7-27)21-13-33-22(14-32-21)40-19-4-8-30-25(23(19)28)35-20-5-9-31-26(36-20)34-17-2-3-18(38)12-17/h4-5,8-9,13-14,16-18,24,38H,2-3,6-7,10-12,15,29H2,1H3,(H2,30,31,34,35,36)/t16-,17+,18+,24+/m0/s1. The van der Waals surface area contributed by atoms with Crippen molar-refractivity contribution in [1.82, 2.24) is 24.9 Å². The largest absolute Gasteiger partial charge is 0.393 e. The number of piperidine rings is 1. The molecule has 4 atom stereocenters. The van der Waals surface area contributed by atoms with Crippen LogP contribution in [0.4, 0.5) is 23.4 Å². The van der Waals surface area contributed by atoms with Gasteiger partial charge in [0.2, 0.25) is 5.95 Å². The minimum Gasteiger partial charge on any atom is -0.393 e. The number of pyridine rings is 1. The highest BCUT2D eigenvalue weighted by Gasteiger charge is 2.47. The zero-order valence-electron chi connectivity index (χ0n) is 22.3. The van der Waals surface area contributed by atoms with E-state index in [1.54, 1.807) is 24.7 Å². The number of aromatic nitrogens is 5. The molecule has 0 aromatic carbocycles. The third kappa shape index (κ3) is 5.82. The first-order chi connectivity index (χ1) is 19.4. The molecule has 0 amide bonds. The molecule has 3 aromatic heterocycles. The Bertz CT molecular complexity index is 1330. The fourth-order valence-electron chi connectivity index (χ4n) is 5.77. The van der Waals surface area contributed by atoms with E-state index in [-0.39, 0.29) is 29.7 Å². The summed E-state index contributed by atoms with van der Waals surface area (Å²) in [4.78, 5) is 25.6. The average molecular weight is 584 g/mol. The lowest BCUT2D eigenvalue weighted by Crippen LogP contribution is -2.50. The van der Waals surface area contributed by atoms with E-state index in [0.717, 1.165) is 61.1 Å². The molecule has 1 spiro atoms. The Morgan fingerprint density at radius 2 is 1.95 bits per heavy atom. The molecule has 2 saturated heterocycles. The van der Waals surface area contributed by atoms with E-state index in [9.17, 15) is 5.11 Å². The molecule has 13 heteroatoms. The molecule has 6 rings (SSSR count). The van der Waals surface area contributed by atoms with Gasteiger partial charge in [-0.2, -0.15) is 4.98 Å². The first-order valence-electron chi connectivity index (χ1n) is 13.7. The van der Waals surface area contributed by atoms with Gasteiger partial charge in [0, 0.05) is 47.9 Å². The van der Waals surface area contributed by atoms with Gasteiger partial charge < -0.3 is 31.1 Å². The van der Waals surface area contributed by atoms with Gasteiger partial charge in [-0.1, -0.05) is 23.4 Å². The number of anilines is 4. The summed E-state index contributed by atoms with van der Waals surface area (Å²) in [7, 11) is 0. The highest BCUT2D eigenvalue weighted by molar-refractivity contribution is 7.99. The zero-order valence-corrected chi connectivity index (χ0v) is 23.9. The first-order valence-corrected chi connectivity index (χ1v) is 14.9. The quantitative estimate of drug-likeness (QED) is 0.320. The van der Waals surface area contributed by atoms with E-state index in [2.05, 4.69) is 47.4 Å². The molecule has 2 aliphatic heterocycles. The van der Waals surface area contributed by atoms with Crippen molar-refractivity contribution in [3.8, 4) is 0 Å². The zero-order chi connectivity index (χ0) is 27.7. The summed E-state index contributed by atoms with van der Waals surface area (Å²) in [5.41, 5.74) is 6.54. The lowest BCUT2D eigenvalue weighted by Gasteiger charge is -2.41. The van der Waals surface area contributed by atoms with Crippen LogP contribution < -0.4 is 21.3 Å². The van der Waals surface area contributed by atoms with Crippen LogP contribution in [0.15, 0.2) is 46.8 Å². The van der Waals surface area contributed by atoms with Crippen molar-refractivity contribution in [2.75, 3.05) is 35.2 Å². The van der Waals surface area contributed by atoms with Gasteiger partial charge in [-0.3, -0.25) is 0 Å². The van der Waals surface area contributed by atoms with Crippen molar-refractivity contribution in [1.29, 1.82) is 0 Å². The van der Waals surface area contributed by atoms with Gasteiger partial charge in [0.25, 0.3) is 0 Å². The number of nitrogens with zero attached hydrogens (tertiary/aromatic N) is 6. The molecule has 212 valence electrons. The van der Waals surface area contributed by atoms with Crippen LogP contribution in [0.25, 0.3) is 0 Å². The van der Waals surface area contributed by atoms with Crippen molar-refractivity contribution in [3.63, 3.8) is 0 Å². The minimum atomic E-state index is -0.268. The third-order valence-electron chi connectivity index (χ3n) is 8.25. The number of halogens is 1. The predicted octanol–water partition coefficient (Wildman–Crippen LogP) is 3.87. The van der Waals surface area contributed by atoms with Gasteiger partial charge in [-0.15, -0.1) is 0 Å². The summed E-state index contributed by atoms with van der Waals surface area (Å²) in [6, 6.07) is 3.86. The first kappa shape index (κ1) is 27.4. The second-order valence-corrected chi connectivity index (χ2v) is 12.3. The summed E-state index contributed by atoms with van der Waals surface area (Å²) in [6.07, 6.45) is 11.2. The normalized spacial score (nSPS) is 25.9. The van der Waals surface area contributed by atoms with Gasteiger partial charge in [-0.25, -0.2) is 19.9 Å². The molecule has 5 heterocycles. The molecule has 0 radical (unpaired) electrons. The Hall–Kier alpha value is -2.77. The van der Waals surface area contributed by atoms with E-state index < -0.39 is 0 Å². The summed E-state index contributed by atoms with van der Waals surface area (Å²) in [5, 5.41) is 17.5. The Morgan fingerprint density at radius 1 is 1.12 bits per heavy atom. The Balaban J connectivity index is 1.08. The number of nitrogens with two attached hydrogens (primary N) is 1. The second kappa shape index (κ2) is 11.6. The molecule has 3 aromatic rings. The monoisotopic (exact) mass is 583 g/mol. The fourth-order valence-corrected chi connectivity index (χ4v) is 6.80. The van der Waals surface area contributed by atoms with Crippen LogP contribution in [0.3, 0.4) is 0 Å². The van der Waals surface area contributed by atoms with Crippen LogP contribution in [0.1, 0.15) is 39.0 Å². The van der Waals surface area contributed by atoms with Gasteiger partial charge in [-0.05, 0) is 51.2 Å². The lowest BCUT2D eigenvalue weighted by atomic mass is 9.73. The maximum Gasteiger partial charge on any atom is 0.224 e. The van der Waals surface area contributed by atoms with Gasteiger partial charge in [0.15, 0.2) is 5.82 Å². The lowest BCUT2D eigenvalue weighted by molar-refractivity contribution is 0.0974. The summed E-state index contributed by atoms with van der Waals surface area (Å²) < 4.78 is 5.84. The number of hydrogen-bond donors (Lipinski definition) is 4. The van der Waals surface area contributed by atoms with E-state index in [1.165, 1.54) is 11.8 Å². The van der Waals surface area contributed by atoms with Gasteiger partial charge in [0.05, 0.1) is 36.2 Å². The number of nitrogens with one attached hydrogen (secondary N) is 2. The van der Waals surface area contributed by atoms with Crippen LogP contribution >= 0.6 is 23.4 Å². The molecule has 1 saturated carbocycles. The van der Waals surface area contributed by atoms with Gasteiger partial charge >= 0.3 is 0 Å². The molecule has 3 aliphatic rings. The number of aliphatic hydroxyl groups is 1. The summed E-state index contributed by atoms with van der Waals surface area (Å²) in [6.45, 7) is 4.59. The highest BCUT2D eigenvalue weighted by atomic mass is 35.5. The molecule has 0 bridgehead atoms. The van der Waals surface area contributed by atoms with Crippen LogP contribution in [0.2, 0.25) is 5.02 Å². The molecule has 40 heavy (non-hydrogen) atoms. The summed E-state index contributed by atoms with van der Waals surface area (Å²) in [5.74, 6) is 2.42. The molecule has 1 aliphatic carbocycles. The topological polar surface area (TPSA) is 147 Å². The van der Waals surface area contributed by atoms with Crippen molar-refractivity contribution in [2.24, 2.45) is 11.1 Å². The maximum absolute atomic E-state index is 9.78. The Kier molecular flexibility index (Phi) is 7.95. The van der Waals surface area contributed by atoms with E-state index in [0.29, 0.717) is 29.0 Å². The van der Waals surface area contributed by atoms with Gasteiger partial charge in [0.1, 0.15) is 16.7 Å². The predicted molar refractivity (Wildman–Crippen MR) is 155 cm³/mol. The second-order valence-electron chi connectivity index (χ2n) is 10.9. The van der Waals surface area contributed by atoms with Crippen LogP contribution in [0, 0.1) is 5.41 Å². The summed E-state index contributed by atoms with van der Waals surface area (Å²) >= 11 is 8.16. The Labute approximate surface area is 242 Å². The van der Waals surface area contributed by atoms with Crippen LogP contribution in [0.5, 0.6) is 0 Å². The molecule has 0 unspecified atom stereocenters. The van der Waals surface area contributed by atoms with Crippen LogP contribution in [-0.4, -0.2) is 74.0 Å². The smallest absolute Gasteiger partial charge is 0.224 e. The average Bonchev–Trinajstić information content (AvgIpc) is 3.49. The molecule has 11 nitrogen and oxygen atoms in total. The van der Waals surface area contributed by atoms with Crippen molar-refractivity contribution < 1.29 is 9.84 Å². The molecule has 3 fully saturated rings. The molecular formula is C27H34ClN9O2S. The van der Waals surface area contributed by atoms with Crippen molar-refractivity contribution in [2.45, 2.75) is 73.2 Å². The van der Waals surface area contributed by atoms with Crippen molar-refractivity contribution in [3.05, 3.63) is 41.9 Å². The number of hydrogen-bond acceptors (Lipinski definition) is 12. The highest BCUT2D eigenvalue weighted by Crippen LogP contribution is 2.42.